The number of carbonyl (C=O) groups excluding carboxylic acids is 2. The Kier molecular flexibility index (Phi) is 7.43. The van der Waals surface area contributed by atoms with Crippen LogP contribution in [-0.4, -0.2) is 41.8 Å². The van der Waals surface area contributed by atoms with Crippen LogP contribution in [0.4, 0.5) is 4.79 Å². The van der Waals surface area contributed by atoms with Crippen molar-refractivity contribution in [3.8, 4) is 11.1 Å². The summed E-state index contributed by atoms with van der Waals surface area (Å²) < 4.78 is 5.69. The highest BCUT2D eigenvalue weighted by atomic mass is 16.5. The predicted molar refractivity (Wildman–Crippen MR) is 133 cm³/mol. The monoisotopic (exact) mass is 478 g/mol. The fourth-order valence-corrected chi connectivity index (χ4v) is 5.59. The van der Waals surface area contributed by atoms with Gasteiger partial charge in [-0.25, -0.2) is 4.79 Å². The first-order valence-electron chi connectivity index (χ1n) is 12.5. The lowest BCUT2D eigenvalue weighted by Gasteiger charge is -2.32. The zero-order valence-electron chi connectivity index (χ0n) is 20.4. The van der Waals surface area contributed by atoms with E-state index in [-0.39, 0.29) is 30.9 Å². The average Bonchev–Trinajstić information content (AvgIpc) is 3.36. The number of nitrogens with one attached hydrogen (secondary N) is 2. The molecule has 1 saturated carbocycles. The van der Waals surface area contributed by atoms with Gasteiger partial charge in [-0.15, -0.1) is 0 Å². The molecule has 4 rings (SSSR count). The highest BCUT2D eigenvalue weighted by Crippen LogP contribution is 2.44. The Hall–Kier alpha value is -3.35. The number of benzene rings is 2. The molecular weight excluding hydrogens is 444 g/mol. The summed E-state index contributed by atoms with van der Waals surface area (Å²) in [5, 5.41) is 15.0. The van der Waals surface area contributed by atoms with Gasteiger partial charge in [-0.1, -0.05) is 68.3 Å². The molecule has 2 amide bonds. The first-order chi connectivity index (χ1) is 16.8. The first kappa shape index (κ1) is 24.8. The van der Waals surface area contributed by atoms with Crippen LogP contribution >= 0.6 is 0 Å². The Morgan fingerprint density at radius 2 is 1.71 bits per heavy atom. The lowest BCUT2D eigenvalue weighted by Crippen LogP contribution is -2.53. The summed E-state index contributed by atoms with van der Waals surface area (Å²) in [4.78, 5) is 37.2. The van der Waals surface area contributed by atoms with Gasteiger partial charge in [0.15, 0.2) is 0 Å². The topological polar surface area (TPSA) is 105 Å². The third kappa shape index (κ3) is 5.19. The molecule has 186 valence electrons. The standard InChI is InChI=1S/C28H34N2O5/c1-3-9-18(16-25(31)32)29-26(33)28(2)15-8-14-24(28)30-27(34)35-17-23-21-12-6-4-10-19(21)20-11-5-7-13-22(20)23/h4-7,10-13,18,23-24H,3,8-9,14-17H2,1-2H3,(H,29,33)(H,30,34)(H,31,32)/t18-,24?,28?/m1/s1. The van der Waals surface area contributed by atoms with Crippen molar-refractivity contribution < 1.29 is 24.2 Å². The predicted octanol–water partition coefficient (Wildman–Crippen LogP) is 4.84. The van der Waals surface area contributed by atoms with E-state index in [4.69, 9.17) is 4.74 Å². The Morgan fingerprint density at radius 1 is 1.09 bits per heavy atom. The summed E-state index contributed by atoms with van der Waals surface area (Å²) in [5.74, 6) is -1.18. The minimum Gasteiger partial charge on any atom is -0.481 e. The van der Waals surface area contributed by atoms with Crippen LogP contribution in [0.2, 0.25) is 0 Å². The molecule has 2 aromatic rings. The third-order valence-electron chi connectivity index (χ3n) is 7.51. The van der Waals surface area contributed by atoms with Gasteiger partial charge in [0.2, 0.25) is 5.91 Å². The number of alkyl carbamates (subject to hydrolysis) is 1. The van der Waals surface area contributed by atoms with Crippen molar-refractivity contribution in [3.05, 3.63) is 59.7 Å². The number of ether oxygens (including phenoxy) is 1. The molecule has 2 aliphatic rings. The molecule has 7 heteroatoms. The maximum absolute atomic E-state index is 13.2. The van der Waals surface area contributed by atoms with E-state index < -0.39 is 23.5 Å². The van der Waals surface area contributed by atoms with Crippen molar-refractivity contribution in [3.63, 3.8) is 0 Å². The smallest absolute Gasteiger partial charge is 0.407 e. The molecule has 0 aromatic heterocycles. The van der Waals surface area contributed by atoms with E-state index in [1.165, 1.54) is 11.1 Å². The number of amides is 2. The normalized spacial score (nSPS) is 21.6. The molecule has 0 aliphatic heterocycles. The molecule has 3 atom stereocenters. The zero-order chi connectivity index (χ0) is 25.0. The lowest BCUT2D eigenvalue weighted by atomic mass is 9.83. The van der Waals surface area contributed by atoms with Gasteiger partial charge in [-0.2, -0.15) is 0 Å². The zero-order valence-corrected chi connectivity index (χ0v) is 20.4. The number of carbonyl (C=O) groups is 3. The number of rotatable bonds is 9. The molecule has 1 fully saturated rings. The average molecular weight is 479 g/mol. The summed E-state index contributed by atoms with van der Waals surface area (Å²) in [5.41, 5.74) is 3.81. The number of hydrogen-bond donors (Lipinski definition) is 3. The van der Waals surface area contributed by atoms with Gasteiger partial charge in [-0.3, -0.25) is 9.59 Å². The largest absolute Gasteiger partial charge is 0.481 e. The SMILES string of the molecule is CCC[C@H](CC(=O)O)NC(=O)C1(C)CCCC1NC(=O)OCC1c2ccccc2-c2ccccc21. The number of hydrogen-bond acceptors (Lipinski definition) is 4. The summed E-state index contributed by atoms with van der Waals surface area (Å²) in [6.07, 6.45) is 2.82. The van der Waals surface area contributed by atoms with E-state index in [9.17, 15) is 19.5 Å². The molecule has 0 radical (unpaired) electrons. The van der Waals surface area contributed by atoms with E-state index in [1.807, 2.05) is 38.1 Å². The van der Waals surface area contributed by atoms with E-state index in [0.29, 0.717) is 19.3 Å². The van der Waals surface area contributed by atoms with Gasteiger partial charge in [0.05, 0.1) is 11.8 Å². The third-order valence-corrected chi connectivity index (χ3v) is 7.51. The number of aliphatic carboxylic acids is 1. The van der Waals surface area contributed by atoms with Crippen molar-refractivity contribution >= 4 is 18.0 Å². The van der Waals surface area contributed by atoms with Crippen molar-refractivity contribution in [2.45, 2.75) is 70.4 Å². The van der Waals surface area contributed by atoms with Gasteiger partial charge in [0.25, 0.3) is 0 Å². The van der Waals surface area contributed by atoms with Crippen molar-refractivity contribution in [2.75, 3.05) is 6.61 Å². The Balaban J connectivity index is 1.39. The van der Waals surface area contributed by atoms with Crippen LogP contribution in [0.25, 0.3) is 11.1 Å². The molecule has 2 unspecified atom stereocenters. The lowest BCUT2D eigenvalue weighted by molar-refractivity contribution is -0.138. The van der Waals surface area contributed by atoms with Gasteiger partial charge >= 0.3 is 12.1 Å². The van der Waals surface area contributed by atoms with Gasteiger partial charge in [-0.05, 0) is 48.4 Å². The molecule has 7 nitrogen and oxygen atoms in total. The quantitative estimate of drug-likeness (QED) is 0.478. The minimum atomic E-state index is -0.936. The van der Waals surface area contributed by atoms with Crippen LogP contribution in [0.3, 0.4) is 0 Å². The van der Waals surface area contributed by atoms with E-state index in [1.54, 1.807) is 0 Å². The maximum atomic E-state index is 13.2. The highest BCUT2D eigenvalue weighted by molar-refractivity contribution is 5.85. The van der Waals surface area contributed by atoms with Crippen molar-refractivity contribution in [1.29, 1.82) is 0 Å². The molecular formula is C28H34N2O5. The molecule has 0 bridgehead atoms. The molecule has 3 N–H and O–H groups in total. The van der Waals surface area contributed by atoms with Crippen LogP contribution in [0.5, 0.6) is 0 Å². The van der Waals surface area contributed by atoms with Crippen LogP contribution in [0, 0.1) is 5.41 Å². The van der Waals surface area contributed by atoms with Crippen LogP contribution in [-0.2, 0) is 14.3 Å². The number of fused-ring (bicyclic) bond motifs is 3. The summed E-state index contributed by atoms with van der Waals surface area (Å²) >= 11 is 0. The molecule has 0 spiro atoms. The molecule has 2 aromatic carbocycles. The maximum Gasteiger partial charge on any atom is 0.407 e. The second-order valence-corrected chi connectivity index (χ2v) is 9.89. The van der Waals surface area contributed by atoms with E-state index in [2.05, 4.69) is 34.9 Å². The first-order valence-corrected chi connectivity index (χ1v) is 12.5. The fraction of sp³-hybridized carbons (Fsp3) is 0.464. The summed E-state index contributed by atoms with van der Waals surface area (Å²) in [6, 6.07) is 15.6. The number of carboxylic acid groups (broad SMARTS) is 1. The van der Waals surface area contributed by atoms with Crippen molar-refractivity contribution in [1.82, 2.24) is 10.6 Å². The fourth-order valence-electron chi connectivity index (χ4n) is 5.59. The summed E-state index contributed by atoms with van der Waals surface area (Å²) in [6.45, 7) is 4.01. The molecule has 0 heterocycles. The Morgan fingerprint density at radius 3 is 2.31 bits per heavy atom. The minimum absolute atomic E-state index is 0.0303. The van der Waals surface area contributed by atoms with Crippen LogP contribution in [0.15, 0.2) is 48.5 Å². The van der Waals surface area contributed by atoms with Gasteiger partial charge < -0.3 is 20.5 Å². The van der Waals surface area contributed by atoms with Gasteiger partial charge in [0, 0.05) is 18.0 Å². The second-order valence-electron chi connectivity index (χ2n) is 9.89. The highest BCUT2D eigenvalue weighted by Gasteiger charge is 2.46. The van der Waals surface area contributed by atoms with Gasteiger partial charge in [0.1, 0.15) is 6.61 Å². The molecule has 0 saturated heterocycles. The Labute approximate surface area is 206 Å². The Bertz CT molecular complexity index is 1050. The molecule has 35 heavy (non-hydrogen) atoms. The van der Waals surface area contributed by atoms with E-state index >= 15 is 0 Å². The molecule has 2 aliphatic carbocycles. The summed E-state index contributed by atoms with van der Waals surface area (Å²) in [7, 11) is 0. The van der Waals surface area contributed by atoms with E-state index in [0.717, 1.165) is 24.0 Å². The second kappa shape index (κ2) is 10.5. The van der Waals surface area contributed by atoms with Crippen molar-refractivity contribution in [2.24, 2.45) is 5.41 Å². The van der Waals surface area contributed by atoms with Crippen LogP contribution in [0.1, 0.15) is 69.4 Å². The van der Waals surface area contributed by atoms with Crippen LogP contribution < -0.4 is 10.6 Å². The number of carboxylic acids is 1.